The number of unbranched alkanes of at least 4 members (excludes halogenated alkanes) is 1. The summed E-state index contributed by atoms with van der Waals surface area (Å²) in [7, 11) is 0. The molecule has 176 valence electrons. The first-order valence-corrected chi connectivity index (χ1v) is 10.7. The van der Waals surface area contributed by atoms with Gasteiger partial charge in [0.2, 0.25) is 0 Å². The minimum Gasteiger partial charge on any atom is -0.368 e. The highest BCUT2D eigenvalue weighted by molar-refractivity contribution is 5.95. The first-order valence-electron chi connectivity index (χ1n) is 10.7. The number of hydrogen-bond donors (Lipinski definition) is 3. The Hall–Kier alpha value is -2.95. The molecule has 5 nitrogen and oxygen atoms in total. The Morgan fingerprint density at radius 3 is 2.38 bits per heavy atom. The second-order valence-electron chi connectivity index (χ2n) is 8.41. The minimum atomic E-state index is -4.55. The molecule has 1 aromatic rings. The lowest BCUT2D eigenvalue weighted by molar-refractivity contribution is -0.0894. The molecule has 0 saturated heterocycles. The molecule has 0 unspecified atom stereocenters. The van der Waals surface area contributed by atoms with Crippen molar-refractivity contribution in [3.63, 3.8) is 0 Å². The van der Waals surface area contributed by atoms with Gasteiger partial charge in [0.25, 0.3) is 0 Å². The maximum Gasteiger partial charge on any atom is 0.419 e. The number of nitriles is 1. The van der Waals surface area contributed by atoms with Crippen molar-refractivity contribution < 1.29 is 13.2 Å². The van der Waals surface area contributed by atoms with Crippen molar-refractivity contribution in [1.29, 1.82) is 5.26 Å². The predicted octanol–water partition coefficient (Wildman–Crippen LogP) is 6.67. The Labute approximate surface area is 189 Å². The van der Waals surface area contributed by atoms with Gasteiger partial charge in [-0.25, -0.2) is 4.99 Å². The van der Waals surface area contributed by atoms with Crippen LogP contribution in [-0.4, -0.2) is 23.6 Å². The number of benzene rings is 1. The summed E-state index contributed by atoms with van der Waals surface area (Å²) in [6, 6.07) is 7.41. The number of nitrogens with one attached hydrogen (secondary N) is 3. The van der Waals surface area contributed by atoms with Gasteiger partial charge in [-0.15, -0.1) is 0 Å². The van der Waals surface area contributed by atoms with Crippen molar-refractivity contribution >= 4 is 17.2 Å². The van der Waals surface area contributed by atoms with Gasteiger partial charge in [-0.1, -0.05) is 31.6 Å². The van der Waals surface area contributed by atoms with E-state index < -0.39 is 17.3 Å². The van der Waals surface area contributed by atoms with Crippen molar-refractivity contribution in [1.82, 2.24) is 5.32 Å². The Morgan fingerprint density at radius 1 is 1.22 bits per heavy atom. The van der Waals surface area contributed by atoms with Crippen molar-refractivity contribution in [2.45, 2.75) is 79.1 Å². The van der Waals surface area contributed by atoms with Crippen molar-refractivity contribution in [3.05, 3.63) is 47.3 Å². The van der Waals surface area contributed by atoms with Gasteiger partial charge in [-0.3, -0.25) is 0 Å². The van der Waals surface area contributed by atoms with Crippen LogP contribution in [0.4, 0.5) is 24.5 Å². The zero-order valence-corrected chi connectivity index (χ0v) is 19.9. The van der Waals surface area contributed by atoms with Crippen molar-refractivity contribution in [2.24, 2.45) is 4.99 Å². The highest BCUT2D eigenvalue weighted by Gasteiger charge is 2.35. The van der Waals surface area contributed by atoms with E-state index in [-0.39, 0.29) is 11.9 Å². The highest BCUT2D eigenvalue weighted by Crippen LogP contribution is 2.30. The van der Waals surface area contributed by atoms with E-state index in [4.69, 9.17) is 0 Å². The molecule has 0 aliphatic rings. The molecule has 0 aliphatic heterocycles. The van der Waals surface area contributed by atoms with Crippen LogP contribution in [-0.2, 0) is 0 Å². The lowest BCUT2D eigenvalue weighted by Gasteiger charge is -2.22. The number of anilines is 2. The average Bonchev–Trinajstić information content (AvgIpc) is 2.66. The van der Waals surface area contributed by atoms with E-state index in [1.54, 1.807) is 40.7 Å². The Bertz CT molecular complexity index is 903. The van der Waals surface area contributed by atoms with Crippen LogP contribution in [0.1, 0.15) is 59.9 Å². The fourth-order valence-corrected chi connectivity index (χ4v) is 2.78. The van der Waals surface area contributed by atoms with E-state index in [1.807, 2.05) is 26.0 Å². The Morgan fingerprint density at radius 2 is 1.84 bits per heavy atom. The number of alkyl halides is 3. The molecular weight excluding hydrogens is 415 g/mol. The smallest absolute Gasteiger partial charge is 0.368 e. The van der Waals surface area contributed by atoms with Gasteiger partial charge in [-0.2, -0.15) is 18.4 Å². The first-order chi connectivity index (χ1) is 14.8. The molecule has 1 aromatic carbocycles. The molecule has 32 heavy (non-hydrogen) atoms. The molecule has 0 amide bonds. The summed E-state index contributed by atoms with van der Waals surface area (Å²) < 4.78 is 41.3. The normalized spacial score (nSPS) is 13.8. The minimum absolute atomic E-state index is 0.234. The largest absolute Gasteiger partial charge is 0.419 e. The summed E-state index contributed by atoms with van der Waals surface area (Å²) in [6.07, 6.45) is -0.643. The second-order valence-corrected chi connectivity index (χ2v) is 8.41. The molecule has 8 heteroatoms. The highest BCUT2D eigenvalue weighted by atomic mass is 19.4. The van der Waals surface area contributed by atoms with Gasteiger partial charge in [0.1, 0.15) is 17.2 Å². The topological polar surface area (TPSA) is 72.2 Å². The third-order valence-electron chi connectivity index (χ3n) is 4.38. The molecule has 0 aliphatic carbocycles. The Kier molecular flexibility index (Phi) is 9.82. The zero-order chi connectivity index (χ0) is 24.5. The lowest BCUT2D eigenvalue weighted by Crippen LogP contribution is -2.29. The van der Waals surface area contributed by atoms with Crippen LogP contribution in [0.2, 0.25) is 0 Å². The number of aliphatic imine (C=N–C) groups is 1. The molecular formula is C24H34F3N5. The third kappa shape index (κ3) is 8.66. The molecule has 0 atom stereocenters. The maximum atomic E-state index is 13.8. The summed E-state index contributed by atoms with van der Waals surface area (Å²) in [4.78, 5) is 4.25. The zero-order valence-electron chi connectivity index (χ0n) is 19.9. The van der Waals surface area contributed by atoms with Crippen LogP contribution in [0.25, 0.3) is 0 Å². The monoisotopic (exact) mass is 449 g/mol. The number of rotatable bonds is 9. The van der Waals surface area contributed by atoms with Crippen LogP contribution in [0, 0.1) is 18.3 Å². The molecule has 3 N–H and O–H groups in total. The summed E-state index contributed by atoms with van der Waals surface area (Å²) in [6.45, 7) is 12.4. The number of nitrogens with zero attached hydrogens (tertiary/aromatic N) is 2. The van der Waals surface area contributed by atoms with Crippen LogP contribution < -0.4 is 16.0 Å². The maximum absolute atomic E-state index is 13.8. The molecule has 0 heterocycles. The summed E-state index contributed by atoms with van der Waals surface area (Å²) in [5.74, 6) is 0.0704. The summed E-state index contributed by atoms with van der Waals surface area (Å²) >= 11 is 0. The molecule has 0 saturated carbocycles. The lowest BCUT2D eigenvalue weighted by atomic mass is 10.1. The van der Waals surface area contributed by atoms with E-state index in [0.717, 1.165) is 23.7 Å². The quantitative estimate of drug-likeness (QED) is 0.224. The third-order valence-corrected chi connectivity index (χ3v) is 4.38. The predicted molar refractivity (Wildman–Crippen MR) is 127 cm³/mol. The van der Waals surface area contributed by atoms with Gasteiger partial charge in [0.05, 0.1) is 11.6 Å². The molecule has 0 bridgehead atoms. The van der Waals surface area contributed by atoms with Crippen LogP contribution in [0.3, 0.4) is 0 Å². The van der Waals surface area contributed by atoms with Crippen LogP contribution in [0.5, 0.6) is 0 Å². The van der Waals surface area contributed by atoms with Crippen molar-refractivity contribution in [3.8, 4) is 6.07 Å². The van der Waals surface area contributed by atoms with Crippen LogP contribution in [0.15, 0.2) is 46.7 Å². The molecule has 0 spiro atoms. The molecule has 1 rings (SSSR count). The summed E-state index contributed by atoms with van der Waals surface area (Å²) in [5.41, 5.74) is 0.680. The molecule has 0 radical (unpaired) electrons. The van der Waals surface area contributed by atoms with Gasteiger partial charge < -0.3 is 16.0 Å². The van der Waals surface area contributed by atoms with Crippen molar-refractivity contribution in [2.75, 3.05) is 10.6 Å². The average molecular weight is 450 g/mol. The van der Waals surface area contributed by atoms with E-state index in [9.17, 15) is 18.4 Å². The Balaban J connectivity index is 3.37. The van der Waals surface area contributed by atoms with Gasteiger partial charge in [0, 0.05) is 17.4 Å². The summed E-state index contributed by atoms with van der Waals surface area (Å²) in [5, 5.41) is 18.4. The number of halogens is 3. The van der Waals surface area contributed by atoms with E-state index in [0.29, 0.717) is 17.9 Å². The van der Waals surface area contributed by atoms with E-state index in [2.05, 4.69) is 27.0 Å². The van der Waals surface area contributed by atoms with E-state index in [1.165, 1.54) is 6.08 Å². The van der Waals surface area contributed by atoms with Gasteiger partial charge >= 0.3 is 6.18 Å². The van der Waals surface area contributed by atoms with Crippen LogP contribution >= 0.6 is 0 Å². The van der Waals surface area contributed by atoms with E-state index >= 15 is 0 Å². The SMILES string of the molecule is CCC/C=C/C(=C(\N=C(C)Nc1cccc(NC(C)(C)C#N)c1C)NC(C)C)C(F)(F)F. The number of hydrogen-bond acceptors (Lipinski definition) is 4. The van der Waals surface area contributed by atoms with Gasteiger partial charge in [0.15, 0.2) is 0 Å². The fraction of sp³-hybridized carbons (Fsp3) is 0.500. The number of allylic oxidation sites excluding steroid dienone is 3. The standard InChI is InChI=1S/C24H34F3N5/c1-8-9-10-12-19(24(25,26)27)22(29-16(2)3)31-18(5)30-20-13-11-14-21(17(20)4)32-23(6,7)15-28/h10-14,16,29,32H,8-9H2,1-7H3,(H,30,31)/b12-10+,22-19+. The molecule has 0 aromatic heterocycles. The number of amidine groups is 1. The fourth-order valence-electron chi connectivity index (χ4n) is 2.78. The first kappa shape index (κ1) is 27.1. The second kappa shape index (κ2) is 11.6. The molecule has 0 fully saturated rings. The van der Waals surface area contributed by atoms with Gasteiger partial charge in [-0.05, 0) is 65.7 Å².